The van der Waals surface area contributed by atoms with Crippen LogP contribution in [0.5, 0.6) is 5.88 Å². The fraction of sp³-hybridized carbons (Fsp3) is 0.143. The number of rotatable bonds is 1. The normalized spacial score (nSPS) is 9.08. The number of nitrogens with one attached hydrogen (secondary N) is 1. The summed E-state index contributed by atoms with van der Waals surface area (Å²) < 4.78 is 4.70. The van der Waals surface area contributed by atoms with Crippen LogP contribution in [0.25, 0.3) is 0 Å². The average Bonchev–Trinajstić information content (AvgIpc) is 2.09. The number of ether oxygens (including phenoxy) is 1. The first kappa shape index (κ1) is 8.32. The second-order valence-electron chi connectivity index (χ2n) is 2.07. The molecule has 5 heteroatoms. The van der Waals surface area contributed by atoms with E-state index in [9.17, 15) is 4.79 Å². The van der Waals surface area contributed by atoms with Crippen LogP contribution in [0.4, 0.5) is 10.5 Å². The number of aromatic nitrogens is 1. The van der Waals surface area contributed by atoms with Crippen molar-refractivity contribution in [2.24, 2.45) is 0 Å². The number of carbonyl (C=O) groups is 1. The largest absolute Gasteiger partial charge is 0.413 e. The van der Waals surface area contributed by atoms with Crippen molar-refractivity contribution >= 4 is 11.8 Å². The van der Waals surface area contributed by atoms with Gasteiger partial charge in [0.05, 0.1) is 11.9 Å². The summed E-state index contributed by atoms with van der Waals surface area (Å²) in [4.78, 5) is 14.4. The lowest BCUT2D eigenvalue weighted by Gasteiger charge is -2.00. The van der Waals surface area contributed by atoms with Crippen LogP contribution in [0.1, 0.15) is 0 Å². The van der Waals surface area contributed by atoms with Gasteiger partial charge in [-0.15, -0.1) is 0 Å². The highest BCUT2D eigenvalue weighted by atomic mass is 16.6. The molecule has 0 spiro atoms. The Morgan fingerprint density at radius 2 is 2.42 bits per heavy atom. The molecular formula is C7H9N3O2. The summed E-state index contributed by atoms with van der Waals surface area (Å²) in [7, 11) is 1.47. The minimum absolute atomic E-state index is 0.226. The number of hydrogen-bond acceptors (Lipinski definition) is 4. The first-order chi connectivity index (χ1) is 5.72. The van der Waals surface area contributed by atoms with Gasteiger partial charge in [-0.1, -0.05) is 0 Å². The molecule has 1 aromatic rings. The highest BCUT2D eigenvalue weighted by molar-refractivity contribution is 5.69. The average molecular weight is 167 g/mol. The molecule has 1 amide bonds. The lowest BCUT2D eigenvalue weighted by atomic mass is 10.4. The van der Waals surface area contributed by atoms with Gasteiger partial charge in [0.1, 0.15) is 0 Å². The van der Waals surface area contributed by atoms with Crippen LogP contribution in [0, 0.1) is 0 Å². The van der Waals surface area contributed by atoms with Gasteiger partial charge >= 0.3 is 6.09 Å². The predicted octanol–water partition coefficient (Wildman–Crippen LogP) is 0.382. The van der Waals surface area contributed by atoms with Gasteiger partial charge in [0.15, 0.2) is 0 Å². The zero-order valence-corrected chi connectivity index (χ0v) is 6.57. The van der Waals surface area contributed by atoms with Crippen molar-refractivity contribution in [1.29, 1.82) is 0 Å². The van der Waals surface area contributed by atoms with Crippen molar-refractivity contribution in [3.63, 3.8) is 0 Å². The molecule has 64 valence electrons. The number of anilines is 1. The van der Waals surface area contributed by atoms with Crippen LogP contribution in [-0.2, 0) is 0 Å². The van der Waals surface area contributed by atoms with E-state index in [0.717, 1.165) is 0 Å². The number of amides is 1. The van der Waals surface area contributed by atoms with Crippen molar-refractivity contribution in [2.45, 2.75) is 0 Å². The molecule has 1 rings (SSSR count). The Morgan fingerprint density at radius 1 is 1.67 bits per heavy atom. The van der Waals surface area contributed by atoms with Crippen LogP contribution in [0.2, 0.25) is 0 Å². The van der Waals surface area contributed by atoms with Crippen LogP contribution < -0.4 is 15.8 Å². The molecule has 0 bridgehead atoms. The number of nitrogens with two attached hydrogens (primary N) is 1. The van der Waals surface area contributed by atoms with Crippen LogP contribution in [0.15, 0.2) is 18.3 Å². The first-order valence-electron chi connectivity index (χ1n) is 3.33. The Bertz CT molecular complexity index is 270. The Morgan fingerprint density at radius 3 is 2.92 bits per heavy atom. The molecule has 3 N–H and O–H groups in total. The van der Waals surface area contributed by atoms with E-state index in [-0.39, 0.29) is 5.88 Å². The molecule has 0 aliphatic rings. The van der Waals surface area contributed by atoms with Gasteiger partial charge in [-0.25, -0.2) is 9.78 Å². The van der Waals surface area contributed by atoms with E-state index in [2.05, 4.69) is 10.3 Å². The Hall–Kier alpha value is -1.78. The van der Waals surface area contributed by atoms with Crippen LogP contribution in [-0.4, -0.2) is 18.1 Å². The summed E-state index contributed by atoms with van der Waals surface area (Å²) in [5.41, 5.74) is 5.90. The van der Waals surface area contributed by atoms with E-state index in [1.807, 2.05) is 0 Å². The zero-order valence-electron chi connectivity index (χ0n) is 6.57. The van der Waals surface area contributed by atoms with E-state index in [4.69, 9.17) is 10.5 Å². The van der Waals surface area contributed by atoms with Crippen molar-refractivity contribution < 1.29 is 9.53 Å². The predicted molar refractivity (Wildman–Crippen MR) is 43.7 cm³/mol. The number of nitrogen functional groups attached to an aromatic ring is 1. The van der Waals surface area contributed by atoms with Gasteiger partial charge in [0, 0.05) is 13.1 Å². The molecule has 1 heterocycles. The molecule has 5 nitrogen and oxygen atoms in total. The number of hydrogen-bond donors (Lipinski definition) is 2. The molecule has 0 aromatic carbocycles. The summed E-state index contributed by atoms with van der Waals surface area (Å²) in [6.07, 6.45) is 0.866. The minimum atomic E-state index is -0.549. The van der Waals surface area contributed by atoms with Crippen LogP contribution in [0.3, 0.4) is 0 Å². The first-order valence-corrected chi connectivity index (χ1v) is 3.33. The Balaban J connectivity index is 2.64. The summed E-state index contributed by atoms with van der Waals surface area (Å²) in [5, 5.41) is 2.30. The Kier molecular flexibility index (Phi) is 2.47. The van der Waals surface area contributed by atoms with Crippen molar-refractivity contribution in [3.05, 3.63) is 18.3 Å². The molecule has 0 fully saturated rings. The molecule has 12 heavy (non-hydrogen) atoms. The molecule has 0 radical (unpaired) electrons. The van der Waals surface area contributed by atoms with Gasteiger partial charge in [0.2, 0.25) is 5.88 Å². The monoisotopic (exact) mass is 167 g/mol. The molecule has 0 aliphatic carbocycles. The summed E-state index contributed by atoms with van der Waals surface area (Å²) in [5.74, 6) is 0.226. The second kappa shape index (κ2) is 3.56. The summed E-state index contributed by atoms with van der Waals surface area (Å²) >= 11 is 0. The molecule has 0 saturated carbocycles. The summed E-state index contributed by atoms with van der Waals surface area (Å²) in [6.45, 7) is 0. The maximum Gasteiger partial charge on any atom is 0.413 e. The van der Waals surface area contributed by atoms with Crippen LogP contribution >= 0.6 is 0 Å². The Labute approximate surface area is 69.5 Å². The van der Waals surface area contributed by atoms with Gasteiger partial charge in [-0.2, -0.15) is 0 Å². The van der Waals surface area contributed by atoms with Crippen molar-refractivity contribution in [2.75, 3.05) is 12.8 Å². The summed E-state index contributed by atoms with van der Waals surface area (Å²) in [6, 6.07) is 3.12. The maximum atomic E-state index is 10.7. The smallest absolute Gasteiger partial charge is 0.397 e. The molecule has 0 atom stereocenters. The van der Waals surface area contributed by atoms with Gasteiger partial charge in [0.25, 0.3) is 0 Å². The third-order valence-electron chi connectivity index (χ3n) is 1.16. The lowest BCUT2D eigenvalue weighted by Crippen LogP contribution is -2.22. The third kappa shape index (κ3) is 2.12. The fourth-order valence-corrected chi connectivity index (χ4v) is 0.598. The fourth-order valence-electron chi connectivity index (χ4n) is 0.598. The maximum absolute atomic E-state index is 10.7. The topological polar surface area (TPSA) is 77.2 Å². The highest BCUT2D eigenvalue weighted by Crippen LogP contribution is 2.07. The van der Waals surface area contributed by atoms with Crippen molar-refractivity contribution in [1.82, 2.24) is 10.3 Å². The van der Waals surface area contributed by atoms with Crippen molar-refractivity contribution in [3.8, 4) is 5.88 Å². The lowest BCUT2D eigenvalue weighted by molar-refractivity contribution is 0.201. The SMILES string of the molecule is CNC(=O)Oc1ccc(N)cn1. The molecular weight excluding hydrogens is 158 g/mol. The standard InChI is InChI=1S/C7H9N3O2/c1-9-7(11)12-6-3-2-5(8)4-10-6/h2-4H,8H2,1H3,(H,9,11). The van der Waals surface area contributed by atoms with Gasteiger partial charge in [-0.3, -0.25) is 0 Å². The highest BCUT2D eigenvalue weighted by Gasteiger charge is 2.00. The van der Waals surface area contributed by atoms with E-state index in [0.29, 0.717) is 5.69 Å². The molecule has 0 aliphatic heterocycles. The molecule has 0 saturated heterocycles. The van der Waals surface area contributed by atoms with E-state index < -0.39 is 6.09 Å². The van der Waals surface area contributed by atoms with E-state index >= 15 is 0 Å². The minimum Gasteiger partial charge on any atom is -0.397 e. The van der Waals surface area contributed by atoms with E-state index in [1.54, 1.807) is 6.07 Å². The number of pyridine rings is 1. The number of nitrogens with zero attached hydrogens (tertiary/aromatic N) is 1. The number of carbonyl (C=O) groups excluding carboxylic acids is 1. The van der Waals surface area contributed by atoms with E-state index in [1.165, 1.54) is 19.3 Å². The van der Waals surface area contributed by atoms with Gasteiger partial charge < -0.3 is 15.8 Å². The molecule has 1 aromatic heterocycles. The zero-order chi connectivity index (χ0) is 8.97. The second-order valence-corrected chi connectivity index (χ2v) is 2.07. The van der Waals surface area contributed by atoms with Gasteiger partial charge in [-0.05, 0) is 6.07 Å². The molecule has 0 unspecified atom stereocenters. The third-order valence-corrected chi connectivity index (χ3v) is 1.16. The quantitative estimate of drug-likeness (QED) is 0.634.